The van der Waals surface area contributed by atoms with E-state index in [9.17, 15) is 14.9 Å². The minimum absolute atomic E-state index is 0.111. The lowest BCUT2D eigenvalue weighted by Crippen LogP contribution is -2.26. The summed E-state index contributed by atoms with van der Waals surface area (Å²) < 4.78 is 1.11. The number of rotatable bonds is 4. The first kappa shape index (κ1) is 11.4. The number of carbonyl (C=O) groups excluding carboxylic acids is 1. The number of nitrogens with zero attached hydrogens (tertiary/aromatic N) is 3. The molecule has 1 amide bonds. The third-order valence-corrected chi connectivity index (χ3v) is 2.14. The largest absolute Gasteiger partial charge is 0.408 e. The van der Waals surface area contributed by atoms with Crippen molar-refractivity contribution in [2.45, 2.75) is 19.4 Å². The number of hydrogen-bond donors (Lipinski definition) is 1. The molecule has 1 aromatic heterocycles. The molecule has 0 aliphatic heterocycles. The van der Waals surface area contributed by atoms with E-state index in [2.05, 4.69) is 5.10 Å². The van der Waals surface area contributed by atoms with Gasteiger partial charge in [-0.05, 0) is 11.3 Å². The Balaban J connectivity index is 3.10. The fourth-order valence-electron chi connectivity index (χ4n) is 1.16. The van der Waals surface area contributed by atoms with Gasteiger partial charge < -0.3 is 15.8 Å². The molecular weight excluding hydrogens is 224 g/mol. The van der Waals surface area contributed by atoms with Gasteiger partial charge in [0.15, 0.2) is 11.1 Å². The summed E-state index contributed by atoms with van der Waals surface area (Å²) in [7, 11) is 0. The van der Waals surface area contributed by atoms with E-state index < -0.39 is 22.7 Å². The molecule has 0 aromatic carbocycles. The van der Waals surface area contributed by atoms with E-state index in [-0.39, 0.29) is 5.02 Å². The lowest BCUT2D eigenvalue weighted by atomic mass is 10.2. The van der Waals surface area contributed by atoms with Crippen molar-refractivity contribution in [1.82, 2.24) is 9.78 Å². The normalized spacial score (nSPS) is 12.4. The molecule has 15 heavy (non-hydrogen) atoms. The minimum atomic E-state index is -0.716. The highest BCUT2D eigenvalue weighted by Gasteiger charge is 2.25. The second kappa shape index (κ2) is 4.26. The van der Waals surface area contributed by atoms with Gasteiger partial charge in [0.2, 0.25) is 5.91 Å². The lowest BCUT2D eigenvalue weighted by Gasteiger charge is -2.06. The van der Waals surface area contributed by atoms with Gasteiger partial charge in [-0.1, -0.05) is 18.5 Å². The van der Waals surface area contributed by atoms with Gasteiger partial charge in [0.25, 0.3) is 0 Å². The van der Waals surface area contributed by atoms with Gasteiger partial charge in [0, 0.05) is 0 Å². The van der Waals surface area contributed by atoms with Gasteiger partial charge in [-0.3, -0.25) is 4.79 Å². The molecule has 1 rings (SSSR count). The lowest BCUT2D eigenvalue weighted by molar-refractivity contribution is -0.389. The van der Waals surface area contributed by atoms with Gasteiger partial charge >= 0.3 is 5.82 Å². The number of primary amides is 1. The van der Waals surface area contributed by atoms with Gasteiger partial charge in [-0.15, -0.1) is 0 Å². The Morgan fingerprint density at radius 2 is 2.47 bits per heavy atom. The van der Waals surface area contributed by atoms with Crippen LogP contribution < -0.4 is 5.73 Å². The first-order valence-corrected chi connectivity index (χ1v) is 4.53. The highest BCUT2D eigenvalue weighted by molar-refractivity contribution is 6.32. The van der Waals surface area contributed by atoms with Gasteiger partial charge in [-0.2, -0.15) is 4.68 Å². The fraction of sp³-hybridized carbons (Fsp3) is 0.429. The first-order valence-electron chi connectivity index (χ1n) is 4.15. The summed E-state index contributed by atoms with van der Waals surface area (Å²) in [6, 6.07) is -0.712. The number of carbonyl (C=O) groups is 1. The summed E-state index contributed by atoms with van der Waals surface area (Å²) in [6.45, 7) is 1.72. The Bertz CT molecular complexity index is 403. The molecule has 1 heterocycles. The molecule has 1 atom stereocenters. The van der Waals surface area contributed by atoms with Crippen LogP contribution >= 0.6 is 11.6 Å². The second-order valence-electron chi connectivity index (χ2n) is 2.86. The monoisotopic (exact) mass is 232 g/mol. The Labute approximate surface area is 90.0 Å². The van der Waals surface area contributed by atoms with Gasteiger partial charge in [0.05, 0.1) is 11.3 Å². The Morgan fingerprint density at radius 1 is 1.87 bits per heavy atom. The highest BCUT2D eigenvalue weighted by atomic mass is 35.5. The molecule has 0 fully saturated rings. The highest BCUT2D eigenvalue weighted by Crippen LogP contribution is 2.24. The number of amides is 1. The average Bonchev–Trinajstić information content (AvgIpc) is 2.48. The van der Waals surface area contributed by atoms with Crippen molar-refractivity contribution in [3.8, 4) is 0 Å². The van der Waals surface area contributed by atoms with E-state index in [0.29, 0.717) is 6.42 Å². The van der Waals surface area contributed by atoms with E-state index in [4.69, 9.17) is 17.3 Å². The molecule has 0 bridgehead atoms. The van der Waals surface area contributed by atoms with Crippen LogP contribution in [0.4, 0.5) is 5.82 Å². The Morgan fingerprint density at radius 3 is 2.80 bits per heavy atom. The molecule has 1 aromatic rings. The molecule has 0 radical (unpaired) electrons. The summed E-state index contributed by atoms with van der Waals surface area (Å²) in [5.41, 5.74) is 5.10. The third kappa shape index (κ3) is 2.24. The van der Waals surface area contributed by atoms with Crippen molar-refractivity contribution in [3.05, 3.63) is 21.3 Å². The van der Waals surface area contributed by atoms with Crippen LogP contribution in [0.3, 0.4) is 0 Å². The zero-order valence-electron chi connectivity index (χ0n) is 7.88. The molecule has 0 spiro atoms. The van der Waals surface area contributed by atoms with E-state index >= 15 is 0 Å². The van der Waals surface area contributed by atoms with E-state index in [1.807, 2.05) is 0 Å². The zero-order chi connectivity index (χ0) is 11.6. The summed E-state index contributed by atoms with van der Waals surface area (Å²) in [4.78, 5) is 20.7. The van der Waals surface area contributed by atoms with Crippen molar-refractivity contribution in [1.29, 1.82) is 0 Å². The molecule has 82 valence electrons. The van der Waals surface area contributed by atoms with Crippen molar-refractivity contribution in [2.75, 3.05) is 0 Å². The molecule has 2 N–H and O–H groups in total. The van der Waals surface area contributed by atoms with Crippen LogP contribution in [0.25, 0.3) is 0 Å². The van der Waals surface area contributed by atoms with E-state index in [1.54, 1.807) is 6.92 Å². The quantitative estimate of drug-likeness (QED) is 0.615. The van der Waals surface area contributed by atoms with E-state index in [0.717, 1.165) is 4.68 Å². The predicted molar refractivity (Wildman–Crippen MR) is 52.4 cm³/mol. The molecular formula is C7H9ClN4O3. The number of nitrogens with two attached hydrogens (primary N) is 1. The van der Waals surface area contributed by atoms with Gasteiger partial charge in [0.1, 0.15) is 0 Å². The molecule has 7 nitrogen and oxygen atoms in total. The summed E-state index contributed by atoms with van der Waals surface area (Å²) in [5.74, 6) is -1.08. The molecule has 8 heteroatoms. The van der Waals surface area contributed by atoms with Crippen molar-refractivity contribution in [3.63, 3.8) is 0 Å². The smallest absolute Gasteiger partial charge is 0.368 e. The topological polar surface area (TPSA) is 104 Å². The van der Waals surface area contributed by atoms with Crippen LogP contribution in [0.5, 0.6) is 0 Å². The Hall–Kier alpha value is -1.63. The average molecular weight is 233 g/mol. The molecule has 0 saturated carbocycles. The summed E-state index contributed by atoms with van der Waals surface area (Å²) in [6.07, 6.45) is 1.61. The van der Waals surface area contributed by atoms with Crippen LogP contribution in [-0.2, 0) is 4.79 Å². The number of halogens is 1. The van der Waals surface area contributed by atoms with Crippen molar-refractivity contribution in [2.24, 2.45) is 5.73 Å². The predicted octanol–water partition coefficient (Wildman–Crippen LogP) is 0.881. The number of nitro groups is 1. The zero-order valence-corrected chi connectivity index (χ0v) is 8.64. The Kier molecular flexibility index (Phi) is 3.25. The van der Waals surface area contributed by atoms with Crippen LogP contribution in [0.15, 0.2) is 6.20 Å². The molecule has 0 aliphatic carbocycles. The number of hydrogen-bond acceptors (Lipinski definition) is 4. The summed E-state index contributed by atoms with van der Waals surface area (Å²) in [5, 5.41) is 13.9. The van der Waals surface area contributed by atoms with Crippen molar-refractivity contribution < 1.29 is 9.72 Å². The molecule has 0 saturated heterocycles. The van der Waals surface area contributed by atoms with Crippen LogP contribution in [0, 0.1) is 10.1 Å². The standard InChI is InChI=1S/C7H9ClN4O3/c1-2-5(6(9)13)11-3-4(8)7(10-11)12(14)15/h3,5H,2H2,1H3,(H2,9,13). The van der Waals surface area contributed by atoms with Crippen molar-refractivity contribution >= 4 is 23.3 Å². The molecule has 0 aliphatic rings. The number of aromatic nitrogens is 2. The van der Waals surface area contributed by atoms with Crippen LogP contribution in [-0.4, -0.2) is 20.6 Å². The van der Waals surface area contributed by atoms with Crippen LogP contribution in [0.2, 0.25) is 5.02 Å². The maximum Gasteiger partial charge on any atom is 0.408 e. The fourth-order valence-corrected chi connectivity index (χ4v) is 1.37. The van der Waals surface area contributed by atoms with Crippen LogP contribution in [0.1, 0.15) is 19.4 Å². The maximum absolute atomic E-state index is 11.0. The maximum atomic E-state index is 11.0. The SMILES string of the molecule is CCC(C(N)=O)n1cc(Cl)c([N+](=O)[O-])n1. The minimum Gasteiger partial charge on any atom is -0.368 e. The summed E-state index contributed by atoms with van der Waals surface area (Å²) >= 11 is 5.57. The second-order valence-corrected chi connectivity index (χ2v) is 3.27. The van der Waals surface area contributed by atoms with Gasteiger partial charge in [-0.25, -0.2) is 0 Å². The first-order chi connectivity index (χ1) is 6.97. The van der Waals surface area contributed by atoms with E-state index in [1.165, 1.54) is 6.20 Å². The molecule has 1 unspecified atom stereocenters. The third-order valence-electron chi connectivity index (χ3n) is 1.88.